The van der Waals surface area contributed by atoms with Crippen molar-refractivity contribution in [3.63, 3.8) is 0 Å². The lowest BCUT2D eigenvalue weighted by Gasteiger charge is -2.28. The molecule has 5 nitrogen and oxygen atoms in total. The van der Waals surface area contributed by atoms with Crippen LogP contribution in [0.4, 0.5) is 0 Å². The Morgan fingerprint density at radius 3 is 1.33 bits per heavy atom. The molecule has 1 aliphatic rings. The van der Waals surface area contributed by atoms with E-state index < -0.39 is 11.8 Å². The molecule has 1 rings (SSSR count). The molecule has 1 N–H and O–H groups in total. The third kappa shape index (κ3) is 30.1. The van der Waals surface area contributed by atoms with Gasteiger partial charge in [-0.05, 0) is 109 Å². The molecule has 0 spiro atoms. The Bertz CT molecular complexity index is 1000. The SMILES string of the molecule is CCCCC/C=C\C/C=C\C/C=C\C/C=C\CCCCC1(CCCC/C=C\C/C=C\C/C=C\C/C=C\CCCCC)OCC(CCC(=O)OSO)O1. The van der Waals surface area contributed by atoms with Crippen molar-refractivity contribution < 1.29 is 23.0 Å². The van der Waals surface area contributed by atoms with E-state index in [1.807, 2.05) is 0 Å². The minimum Gasteiger partial charge on any atom is -0.364 e. The molecule has 1 heterocycles. The molecule has 0 aromatic heterocycles. The van der Waals surface area contributed by atoms with Crippen molar-refractivity contribution in [1.29, 1.82) is 0 Å². The second-order valence-electron chi connectivity index (χ2n) is 13.7. The van der Waals surface area contributed by atoms with Crippen molar-refractivity contribution >= 4 is 18.3 Å². The molecular weight excluding hydrogens is 665 g/mol. The van der Waals surface area contributed by atoms with E-state index in [2.05, 4.69) is 115 Å². The summed E-state index contributed by atoms with van der Waals surface area (Å²) in [5, 5.41) is 0. The van der Waals surface area contributed by atoms with E-state index in [-0.39, 0.29) is 24.8 Å². The molecule has 0 aromatic rings. The number of hydrogen-bond acceptors (Lipinski definition) is 6. The van der Waals surface area contributed by atoms with E-state index in [0.717, 1.165) is 89.9 Å². The van der Waals surface area contributed by atoms with Crippen LogP contribution in [0.5, 0.6) is 0 Å². The number of carbonyl (C=O) groups is 1. The Morgan fingerprint density at radius 1 is 0.596 bits per heavy atom. The summed E-state index contributed by atoms with van der Waals surface area (Å²) in [5.41, 5.74) is 0. The normalized spacial score (nSPS) is 16.7. The quantitative estimate of drug-likeness (QED) is 0.0403. The largest absolute Gasteiger partial charge is 0.364 e. The summed E-state index contributed by atoms with van der Waals surface area (Å²) in [4.78, 5) is 11.7. The summed E-state index contributed by atoms with van der Waals surface area (Å²) >= 11 is 0.101. The van der Waals surface area contributed by atoms with Crippen molar-refractivity contribution in [1.82, 2.24) is 0 Å². The molecule has 294 valence electrons. The lowest BCUT2D eigenvalue weighted by atomic mass is 10.00. The van der Waals surface area contributed by atoms with Gasteiger partial charge in [0.1, 0.15) is 0 Å². The number of ether oxygens (including phenoxy) is 2. The Morgan fingerprint density at radius 2 is 0.962 bits per heavy atom. The fraction of sp³-hybridized carbons (Fsp3) is 0.630. The van der Waals surface area contributed by atoms with Gasteiger partial charge in [-0.3, -0.25) is 9.35 Å². The van der Waals surface area contributed by atoms with Gasteiger partial charge in [-0.1, -0.05) is 137 Å². The average Bonchev–Trinajstić information content (AvgIpc) is 3.56. The molecule has 1 unspecified atom stereocenters. The zero-order valence-corrected chi connectivity index (χ0v) is 33.8. The average molecular weight is 739 g/mol. The third-order valence-electron chi connectivity index (χ3n) is 8.99. The van der Waals surface area contributed by atoms with E-state index in [1.165, 1.54) is 51.4 Å². The third-order valence-corrected chi connectivity index (χ3v) is 9.25. The number of unbranched alkanes of at least 4 members (excludes halogenated alkanes) is 10. The summed E-state index contributed by atoms with van der Waals surface area (Å²) in [6.07, 6.45) is 61.1. The Balaban J connectivity index is 2.31. The molecule has 1 fully saturated rings. The molecule has 0 aliphatic carbocycles. The first-order chi connectivity index (χ1) is 25.7. The first kappa shape index (κ1) is 47.6. The lowest BCUT2D eigenvalue weighted by molar-refractivity contribution is -0.180. The maximum absolute atomic E-state index is 11.7. The first-order valence-electron chi connectivity index (χ1n) is 20.7. The molecule has 0 radical (unpaired) electrons. The fourth-order valence-corrected chi connectivity index (χ4v) is 6.11. The van der Waals surface area contributed by atoms with Gasteiger partial charge in [0, 0.05) is 19.3 Å². The van der Waals surface area contributed by atoms with Crippen LogP contribution in [0.2, 0.25) is 0 Å². The topological polar surface area (TPSA) is 65.0 Å². The van der Waals surface area contributed by atoms with Gasteiger partial charge in [0.2, 0.25) is 12.3 Å². The van der Waals surface area contributed by atoms with Crippen molar-refractivity contribution in [2.45, 2.75) is 180 Å². The second-order valence-corrected chi connectivity index (χ2v) is 14.0. The van der Waals surface area contributed by atoms with Crippen molar-refractivity contribution in [3.8, 4) is 0 Å². The smallest absolute Gasteiger partial charge is 0.320 e. The van der Waals surface area contributed by atoms with E-state index in [0.29, 0.717) is 13.0 Å². The zero-order valence-electron chi connectivity index (χ0n) is 33.0. The lowest BCUT2D eigenvalue weighted by Crippen LogP contribution is -2.31. The highest BCUT2D eigenvalue weighted by Crippen LogP contribution is 2.36. The molecule has 1 aliphatic heterocycles. The van der Waals surface area contributed by atoms with Crippen LogP contribution in [0.15, 0.2) is 97.2 Å². The second kappa shape index (κ2) is 37.0. The minimum atomic E-state index is -0.573. The van der Waals surface area contributed by atoms with Crippen LogP contribution in [-0.4, -0.2) is 29.0 Å². The zero-order chi connectivity index (χ0) is 37.5. The van der Waals surface area contributed by atoms with E-state index in [1.54, 1.807) is 0 Å². The molecule has 1 atom stereocenters. The van der Waals surface area contributed by atoms with Crippen molar-refractivity contribution in [2.75, 3.05) is 6.61 Å². The van der Waals surface area contributed by atoms with E-state index in [4.69, 9.17) is 14.0 Å². The van der Waals surface area contributed by atoms with Gasteiger partial charge in [0.15, 0.2) is 5.79 Å². The van der Waals surface area contributed by atoms with Crippen LogP contribution >= 0.6 is 12.3 Å². The Labute approximate surface area is 323 Å². The van der Waals surface area contributed by atoms with Gasteiger partial charge in [0.25, 0.3) is 0 Å². The predicted octanol–water partition coefficient (Wildman–Crippen LogP) is 14.6. The highest BCUT2D eigenvalue weighted by Gasteiger charge is 2.40. The van der Waals surface area contributed by atoms with Crippen LogP contribution in [0.3, 0.4) is 0 Å². The van der Waals surface area contributed by atoms with Gasteiger partial charge >= 0.3 is 5.97 Å². The molecule has 6 heteroatoms. The number of carbonyl (C=O) groups excluding carboxylic acids is 1. The molecule has 0 amide bonds. The van der Waals surface area contributed by atoms with E-state index in [9.17, 15) is 4.79 Å². The summed E-state index contributed by atoms with van der Waals surface area (Å²) in [7, 11) is 0. The Kier molecular flexibility index (Phi) is 33.9. The summed E-state index contributed by atoms with van der Waals surface area (Å²) in [6, 6.07) is 0. The van der Waals surface area contributed by atoms with E-state index >= 15 is 0 Å². The summed E-state index contributed by atoms with van der Waals surface area (Å²) < 4.78 is 26.1. The predicted molar refractivity (Wildman–Crippen MR) is 225 cm³/mol. The molecule has 0 bridgehead atoms. The Hall–Kier alpha value is -2.38. The fourth-order valence-electron chi connectivity index (χ4n) is 5.94. The summed E-state index contributed by atoms with van der Waals surface area (Å²) in [6.45, 7) is 4.98. The molecule has 0 aromatic carbocycles. The van der Waals surface area contributed by atoms with Crippen LogP contribution in [0, 0.1) is 0 Å². The highest BCUT2D eigenvalue weighted by atomic mass is 32.2. The number of hydrogen-bond donors (Lipinski definition) is 1. The van der Waals surface area contributed by atoms with Gasteiger partial charge in [-0.15, -0.1) is 0 Å². The van der Waals surface area contributed by atoms with Gasteiger partial charge < -0.3 is 13.7 Å². The number of rotatable bonds is 34. The molecule has 0 saturated carbocycles. The molecular formula is C46H74O5S. The van der Waals surface area contributed by atoms with Crippen LogP contribution in [0.25, 0.3) is 0 Å². The van der Waals surface area contributed by atoms with Crippen LogP contribution in [0.1, 0.15) is 168 Å². The standard InChI is InChI=1S/C46H74O5S/c1-3-5-7-9-11-13-15-17-19-21-23-25-27-29-31-33-35-37-41-46(49-43-44(50-46)39-40-45(47)51-52-48)42-38-36-34-32-30-28-26-24-22-20-18-16-14-12-10-8-6-4-2/h11-14,17-20,23-26,29-32,44,48H,3-10,15-16,21-22,27-28,33-43H2,1-2H3/b13-11-,14-12-,19-17-,20-18-,25-23-,26-24-,31-29-,32-30-. The van der Waals surface area contributed by atoms with Gasteiger partial charge in [-0.25, -0.2) is 0 Å². The monoisotopic (exact) mass is 739 g/mol. The van der Waals surface area contributed by atoms with Gasteiger partial charge in [0.05, 0.1) is 12.7 Å². The summed E-state index contributed by atoms with van der Waals surface area (Å²) in [5.74, 6) is -1.01. The maximum atomic E-state index is 11.7. The molecule has 1 saturated heterocycles. The van der Waals surface area contributed by atoms with Crippen molar-refractivity contribution in [3.05, 3.63) is 97.2 Å². The van der Waals surface area contributed by atoms with Crippen molar-refractivity contribution in [2.24, 2.45) is 0 Å². The highest BCUT2D eigenvalue weighted by molar-refractivity contribution is 7.89. The minimum absolute atomic E-state index is 0.101. The number of allylic oxidation sites excluding steroid dienone is 16. The maximum Gasteiger partial charge on any atom is 0.320 e. The van der Waals surface area contributed by atoms with Gasteiger partial charge in [-0.2, -0.15) is 0 Å². The van der Waals surface area contributed by atoms with Crippen LogP contribution < -0.4 is 0 Å². The first-order valence-corrected chi connectivity index (χ1v) is 21.4. The van der Waals surface area contributed by atoms with Crippen LogP contribution in [-0.2, 0) is 18.5 Å². The molecule has 52 heavy (non-hydrogen) atoms.